The Labute approximate surface area is 441 Å². The lowest BCUT2D eigenvalue weighted by molar-refractivity contribution is 0.825. The van der Waals surface area contributed by atoms with E-state index in [0.717, 1.165) is 112 Å². The van der Waals surface area contributed by atoms with Crippen LogP contribution in [-0.2, 0) is 6.42 Å². The first-order valence-corrected chi connectivity index (χ1v) is 25.9. The first kappa shape index (κ1) is 44.5. The topological polar surface area (TPSA) is 59.4 Å². The van der Waals surface area contributed by atoms with Crippen LogP contribution in [0.5, 0.6) is 0 Å². The minimum Gasteiger partial charge on any atom is -0.309 e. The van der Waals surface area contributed by atoms with Crippen molar-refractivity contribution in [3.63, 3.8) is 0 Å². The summed E-state index contributed by atoms with van der Waals surface area (Å²) in [6.45, 7) is 0. The van der Waals surface area contributed by atoms with Crippen molar-refractivity contribution >= 4 is 38.8 Å². The lowest BCUT2D eigenvalue weighted by atomic mass is 9.86. The fourth-order valence-electron chi connectivity index (χ4n) is 11.5. The number of hydrogen-bond donors (Lipinski definition) is 0. The molecule has 0 amide bonds. The van der Waals surface area contributed by atoms with Crippen LogP contribution in [0.2, 0.25) is 0 Å². The summed E-state index contributed by atoms with van der Waals surface area (Å²) in [6.07, 6.45) is 5.45. The molecule has 10 aromatic carbocycles. The van der Waals surface area contributed by atoms with Crippen LogP contribution in [0, 0.1) is 11.3 Å². The molecule has 14 rings (SSSR count). The van der Waals surface area contributed by atoms with Gasteiger partial charge in [-0.05, 0) is 112 Å². The van der Waals surface area contributed by atoms with Gasteiger partial charge in [0.25, 0.3) is 0 Å². The van der Waals surface area contributed by atoms with E-state index in [9.17, 15) is 5.26 Å². The molecule has 1 atom stereocenters. The van der Waals surface area contributed by atoms with Gasteiger partial charge in [-0.3, -0.25) is 0 Å². The molecule has 3 aromatic heterocycles. The lowest BCUT2D eigenvalue weighted by Crippen LogP contribution is -2.10. The van der Waals surface area contributed by atoms with E-state index in [0.29, 0.717) is 11.4 Å². The van der Waals surface area contributed by atoms with E-state index in [1.165, 1.54) is 16.5 Å². The normalized spacial score (nSPS) is 13.0. The first-order valence-electron chi connectivity index (χ1n) is 25.9. The zero-order chi connectivity index (χ0) is 50.5. The summed E-state index contributed by atoms with van der Waals surface area (Å²) < 4.78 is 4.73. The maximum atomic E-state index is 11.3. The predicted molar refractivity (Wildman–Crippen MR) is 312 cm³/mol. The molecular formula is C71H47N5. The Kier molecular flexibility index (Phi) is 11.0. The molecule has 0 fully saturated rings. The number of fused-ring (bicyclic) bond motifs is 6. The molecule has 5 nitrogen and oxygen atoms in total. The van der Waals surface area contributed by atoms with Crippen molar-refractivity contribution in [1.29, 1.82) is 5.26 Å². The van der Waals surface area contributed by atoms with Crippen molar-refractivity contribution < 1.29 is 0 Å². The number of hydrogen-bond acceptors (Lipinski definition) is 3. The van der Waals surface area contributed by atoms with Crippen LogP contribution in [0.1, 0.15) is 28.3 Å². The fraction of sp³-hybridized carbons (Fsp3) is 0.0282. The van der Waals surface area contributed by atoms with Gasteiger partial charge in [-0.1, -0.05) is 206 Å². The van der Waals surface area contributed by atoms with Crippen molar-refractivity contribution in [2.24, 2.45) is 0 Å². The summed E-state index contributed by atoms with van der Waals surface area (Å²) in [4.78, 5) is 11.2. The Hall–Kier alpha value is -10.2. The smallest absolute Gasteiger partial charge is 0.164 e. The monoisotopic (exact) mass is 969 g/mol. The maximum Gasteiger partial charge on any atom is 0.164 e. The molecule has 13 aromatic rings. The summed E-state index contributed by atoms with van der Waals surface area (Å²) in [5.74, 6) is 0.719. The van der Waals surface area contributed by atoms with Gasteiger partial charge in [0.15, 0.2) is 5.82 Å². The van der Waals surface area contributed by atoms with E-state index >= 15 is 0 Å². The number of nitrogens with zero attached hydrogens (tertiary/aromatic N) is 5. The molecule has 0 saturated heterocycles. The number of aromatic nitrogens is 4. The second-order valence-electron chi connectivity index (χ2n) is 19.6. The molecule has 0 saturated carbocycles. The predicted octanol–water partition coefficient (Wildman–Crippen LogP) is 17.7. The van der Waals surface area contributed by atoms with Crippen molar-refractivity contribution in [2.45, 2.75) is 12.3 Å². The highest BCUT2D eigenvalue weighted by atomic mass is 15.0. The van der Waals surface area contributed by atoms with Crippen molar-refractivity contribution in [2.75, 3.05) is 0 Å². The third kappa shape index (κ3) is 7.80. The highest BCUT2D eigenvalue weighted by molar-refractivity contribution is 6.12. The molecular weight excluding hydrogens is 923 g/mol. The van der Waals surface area contributed by atoms with Gasteiger partial charge in [0.1, 0.15) is 0 Å². The van der Waals surface area contributed by atoms with Gasteiger partial charge in [0, 0.05) is 38.9 Å². The average Bonchev–Trinajstić information content (AvgIpc) is 4.05. The Bertz CT molecular complexity index is 4250. The molecule has 5 heteroatoms. The summed E-state index contributed by atoms with van der Waals surface area (Å²) >= 11 is 0. The molecule has 0 aliphatic heterocycles. The van der Waals surface area contributed by atoms with Crippen LogP contribution in [0.15, 0.2) is 261 Å². The Morgan fingerprint density at radius 2 is 0.803 bits per heavy atom. The van der Waals surface area contributed by atoms with Crippen LogP contribution in [0.25, 0.3) is 117 Å². The summed E-state index contributed by atoms with van der Waals surface area (Å²) in [5, 5.41) is 14.7. The second-order valence-corrected chi connectivity index (χ2v) is 19.6. The first-order chi connectivity index (χ1) is 37.6. The van der Waals surface area contributed by atoms with Gasteiger partial charge in [-0.2, -0.15) is 5.26 Å². The lowest BCUT2D eigenvalue weighted by Gasteiger charge is -2.23. The van der Waals surface area contributed by atoms with Crippen LogP contribution < -0.4 is 0 Å². The van der Waals surface area contributed by atoms with Crippen molar-refractivity contribution in [3.8, 4) is 84.7 Å². The Morgan fingerprint density at radius 3 is 1.26 bits per heavy atom. The zero-order valence-electron chi connectivity index (χ0n) is 41.4. The van der Waals surface area contributed by atoms with E-state index in [2.05, 4.69) is 264 Å². The van der Waals surface area contributed by atoms with E-state index in [4.69, 9.17) is 9.97 Å². The van der Waals surface area contributed by atoms with Gasteiger partial charge in [0.2, 0.25) is 0 Å². The second kappa shape index (κ2) is 18.7. The Balaban J connectivity index is 1.12. The molecule has 0 radical (unpaired) electrons. The summed E-state index contributed by atoms with van der Waals surface area (Å²) in [5.41, 5.74) is 19.9. The van der Waals surface area contributed by atoms with Crippen molar-refractivity contribution in [1.82, 2.24) is 19.1 Å². The van der Waals surface area contributed by atoms with Gasteiger partial charge in [-0.25, -0.2) is 9.97 Å². The molecule has 0 bridgehead atoms. The standard InChI is InChI=1S/C71H47N5/c72-46-47-39-68(75-64-35-31-54(48-19-7-1-8-20-48)41-58(64)59-42-55(32-36-65(59)75)49-21-9-2-10-22-49)70(71-73-62(52-27-15-5-16-28-52)45-63(74-71)53-29-17-6-18-30-53)69(40-47)76-66-37-33-56(50-23-11-3-12-24-50)43-60(66)61-44-57(34-38-67(61)76)51-25-13-4-14-26-51/h1-43,45,57H,44H2. The number of allylic oxidation sites excluding steroid dienone is 1. The summed E-state index contributed by atoms with van der Waals surface area (Å²) in [7, 11) is 0. The number of rotatable bonds is 9. The van der Waals surface area contributed by atoms with Crippen LogP contribution in [0.3, 0.4) is 0 Å². The molecule has 356 valence electrons. The van der Waals surface area contributed by atoms with Gasteiger partial charge < -0.3 is 9.13 Å². The SMILES string of the molecule is N#Cc1cc(-n2c3c(c4cc(-c5ccccc5)ccc42)CC(c2ccccc2)C=C3)c(-c2nc(-c3ccccc3)cc(-c3ccccc3)n2)c(-n2c3ccc(-c4ccccc4)cc3c3cc(-c4ccccc4)ccc32)c1. The molecule has 1 aliphatic rings. The number of benzene rings is 10. The highest BCUT2D eigenvalue weighted by Gasteiger charge is 2.29. The molecule has 0 spiro atoms. The zero-order valence-corrected chi connectivity index (χ0v) is 41.4. The highest BCUT2D eigenvalue weighted by Crippen LogP contribution is 2.46. The molecule has 3 heterocycles. The Morgan fingerprint density at radius 1 is 0.395 bits per heavy atom. The van der Waals surface area contributed by atoms with E-state index < -0.39 is 0 Å². The largest absolute Gasteiger partial charge is 0.309 e. The fourth-order valence-corrected chi connectivity index (χ4v) is 11.5. The molecule has 76 heavy (non-hydrogen) atoms. The van der Waals surface area contributed by atoms with Gasteiger partial charge in [-0.15, -0.1) is 0 Å². The molecule has 1 unspecified atom stereocenters. The van der Waals surface area contributed by atoms with Gasteiger partial charge >= 0.3 is 0 Å². The van der Waals surface area contributed by atoms with E-state index in [1.807, 2.05) is 18.2 Å². The van der Waals surface area contributed by atoms with Crippen LogP contribution in [0.4, 0.5) is 0 Å². The third-order valence-corrected chi connectivity index (χ3v) is 15.1. The van der Waals surface area contributed by atoms with Crippen LogP contribution in [-0.4, -0.2) is 19.1 Å². The number of nitriles is 1. The minimum atomic E-state index is 0.173. The molecule has 0 N–H and O–H groups in total. The van der Waals surface area contributed by atoms with Crippen molar-refractivity contribution in [3.05, 3.63) is 283 Å². The molecule has 1 aliphatic carbocycles. The average molecular weight is 970 g/mol. The van der Waals surface area contributed by atoms with E-state index in [-0.39, 0.29) is 5.92 Å². The van der Waals surface area contributed by atoms with E-state index in [1.54, 1.807) is 0 Å². The summed E-state index contributed by atoms with van der Waals surface area (Å²) in [6, 6.07) is 92.5. The van der Waals surface area contributed by atoms with Crippen LogP contribution >= 0.6 is 0 Å². The maximum absolute atomic E-state index is 11.3. The third-order valence-electron chi connectivity index (χ3n) is 15.1. The minimum absolute atomic E-state index is 0.173. The van der Waals surface area contributed by atoms with Gasteiger partial charge in [0.05, 0.1) is 56.5 Å². The quantitative estimate of drug-likeness (QED) is 0.145.